The maximum absolute atomic E-state index is 13.3. The normalized spacial score (nSPS) is 21.0. The summed E-state index contributed by atoms with van der Waals surface area (Å²) in [5, 5.41) is 1.14. The van der Waals surface area contributed by atoms with Crippen LogP contribution in [0.1, 0.15) is 37.2 Å². The molecular formula is C23H26N4O3S. The van der Waals surface area contributed by atoms with E-state index in [1.807, 2.05) is 17.2 Å². The smallest absolute Gasteiger partial charge is 0.243 e. The van der Waals surface area contributed by atoms with Crippen LogP contribution in [0, 0.1) is 0 Å². The summed E-state index contributed by atoms with van der Waals surface area (Å²) in [5.41, 5.74) is 2.15. The second kappa shape index (κ2) is 8.09. The van der Waals surface area contributed by atoms with Crippen LogP contribution in [0.25, 0.3) is 11.0 Å². The minimum atomic E-state index is -3.67. The highest BCUT2D eigenvalue weighted by Gasteiger charge is 2.41. The van der Waals surface area contributed by atoms with Gasteiger partial charge in [0, 0.05) is 37.4 Å². The zero-order valence-electron chi connectivity index (χ0n) is 17.3. The van der Waals surface area contributed by atoms with Crippen molar-refractivity contribution in [2.45, 2.75) is 42.5 Å². The SMILES string of the molecule is O=C(C1CCCN1S(=O)(=O)c1ccccc1)N1CCC(c2c[nH]c3ncccc23)CC1. The van der Waals surface area contributed by atoms with E-state index in [4.69, 9.17) is 0 Å². The Kier molecular flexibility index (Phi) is 5.27. The number of nitrogens with zero attached hydrogens (tertiary/aromatic N) is 3. The fourth-order valence-corrected chi connectivity index (χ4v) is 6.61. The molecule has 1 N–H and O–H groups in total. The molecule has 7 nitrogen and oxygen atoms in total. The summed E-state index contributed by atoms with van der Waals surface area (Å²) in [6.45, 7) is 1.69. The Bertz CT molecular complexity index is 1180. The zero-order valence-corrected chi connectivity index (χ0v) is 18.1. The largest absolute Gasteiger partial charge is 0.346 e. The number of hydrogen-bond acceptors (Lipinski definition) is 4. The number of aromatic nitrogens is 2. The predicted octanol–water partition coefficient (Wildman–Crippen LogP) is 3.12. The first-order valence-corrected chi connectivity index (χ1v) is 12.3. The van der Waals surface area contributed by atoms with E-state index in [1.165, 1.54) is 9.87 Å². The van der Waals surface area contributed by atoms with Gasteiger partial charge in [-0.1, -0.05) is 18.2 Å². The first kappa shape index (κ1) is 20.2. The van der Waals surface area contributed by atoms with Crippen LogP contribution < -0.4 is 0 Å². The molecule has 1 amide bonds. The van der Waals surface area contributed by atoms with Gasteiger partial charge in [-0.25, -0.2) is 13.4 Å². The number of likely N-dealkylation sites (tertiary alicyclic amines) is 1. The van der Waals surface area contributed by atoms with Crippen molar-refractivity contribution in [2.24, 2.45) is 0 Å². The Morgan fingerprint density at radius 1 is 1.00 bits per heavy atom. The number of piperidine rings is 1. The van der Waals surface area contributed by atoms with Crippen LogP contribution in [-0.2, 0) is 14.8 Å². The maximum atomic E-state index is 13.3. The lowest BCUT2D eigenvalue weighted by molar-refractivity contribution is -0.135. The van der Waals surface area contributed by atoms with Crippen molar-refractivity contribution in [1.82, 2.24) is 19.2 Å². The van der Waals surface area contributed by atoms with E-state index in [9.17, 15) is 13.2 Å². The Hall–Kier alpha value is -2.71. The van der Waals surface area contributed by atoms with Gasteiger partial charge in [-0.05, 0) is 61.4 Å². The Labute approximate surface area is 182 Å². The van der Waals surface area contributed by atoms with Crippen LogP contribution in [0.15, 0.2) is 59.8 Å². The van der Waals surface area contributed by atoms with E-state index in [2.05, 4.69) is 16.0 Å². The van der Waals surface area contributed by atoms with E-state index in [0.29, 0.717) is 38.4 Å². The molecule has 2 aromatic heterocycles. The average molecular weight is 439 g/mol. The molecule has 0 bridgehead atoms. The number of aromatic amines is 1. The van der Waals surface area contributed by atoms with Crippen LogP contribution in [0.2, 0.25) is 0 Å². The lowest BCUT2D eigenvalue weighted by Crippen LogP contribution is -2.49. The number of sulfonamides is 1. The van der Waals surface area contributed by atoms with Crippen LogP contribution in [-0.4, -0.2) is 59.2 Å². The van der Waals surface area contributed by atoms with Crippen molar-refractivity contribution in [3.63, 3.8) is 0 Å². The molecule has 0 saturated carbocycles. The summed E-state index contributed by atoms with van der Waals surface area (Å²) in [7, 11) is -3.67. The van der Waals surface area contributed by atoms with Crippen LogP contribution >= 0.6 is 0 Å². The lowest BCUT2D eigenvalue weighted by atomic mass is 9.89. The van der Waals surface area contributed by atoms with Crippen molar-refractivity contribution in [1.29, 1.82) is 0 Å². The molecule has 2 fully saturated rings. The second-order valence-corrected chi connectivity index (χ2v) is 10.2. The van der Waals surface area contributed by atoms with Gasteiger partial charge in [0.25, 0.3) is 0 Å². The summed E-state index contributed by atoms with van der Waals surface area (Å²) < 4.78 is 27.6. The molecule has 0 radical (unpaired) electrons. The first-order valence-electron chi connectivity index (χ1n) is 10.8. The number of amides is 1. The van der Waals surface area contributed by atoms with Gasteiger partial charge in [-0.3, -0.25) is 4.79 Å². The molecule has 5 rings (SSSR count). The summed E-state index contributed by atoms with van der Waals surface area (Å²) in [6.07, 6.45) is 6.84. The minimum absolute atomic E-state index is 0.0592. The first-order chi connectivity index (χ1) is 15.1. The van der Waals surface area contributed by atoms with Gasteiger partial charge in [-0.2, -0.15) is 4.31 Å². The highest BCUT2D eigenvalue weighted by atomic mass is 32.2. The van der Waals surface area contributed by atoms with Crippen molar-refractivity contribution in [3.8, 4) is 0 Å². The summed E-state index contributed by atoms with van der Waals surface area (Å²) in [6, 6.07) is 11.8. The van der Waals surface area contributed by atoms with E-state index in [-0.39, 0.29) is 10.8 Å². The zero-order chi connectivity index (χ0) is 21.4. The summed E-state index contributed by atoms with van der Waals surface area (Å²) in [5.74, 6) is 0.311. The number of hydrogen-bond donors (Lipinski definition) is 1. The third-order valence-electron chi connectivity index (χ3n) is 6.57. The molecule has 2 saturated heterocycles. The molecule has 1 atom stereocenters. The molecule has 1 unspecified atom stereocenters. The lowest BCUT2D eigenvalue weighted by Gasteiger charge is -2.35. The van der Waals surface area contributed by atoms with Gasteiger partial charge >= 0.3 is 0 Å². The molecule has 2 aliphatic rings. The molecule has 2 aliphatic heterocycles. The number of carbonyl (C=O) groups is 1. The number of nitrogens with one attached hydrogen (secondary N) is 1. The number of fused-ring (bicyclic) bond motifs is 1. The third kappa shape index (κ3) is 3.64. The van der Waals surface area contributed by atoms with Crippen molar-refractivity contribution in [2.75, 3.05) is 19.6 Å². The molecule has 8 heteroatoms. The summed E-state index contributed by atoms with van der Waals surface area (Å²) in [4.78, 5) is 23.0. The number of rotatable bonds is 4. The molecule has 1 aromatic carbocycles. The molecule has 162 valence electrons. The Morgan fingerprint density at radius 3 is 2.55 bits per heavy atom. The van der Waals surface area contributed by atoms with E-state index in [0.717, 1.165) is 23.9 Å². The number of pyridine rings is 1. The van der Waals surface area contributed by atoms with E-state index in [1.54, 1.807) is 36.5 Å². The molecule has 4 heterocycles. The second-order valence-electron chi connectivity index (χ2n) is 8.33. The third-order valence-corrected chi connectivity index (χ3v) is 8.49. The van der Waals surface area contributed by atoms with E-state index < -0.39 is 16.1 Å². The quantitative estimate of drug-likeness (QED) is 0.678. The highest BCUT2D eigenvalue weighted by molar-refractivity contribution is 7.89. The standard InChI is InChI=1S/C23H26N4O3S/c28-23(21-9-5-13-27(21)31(29,30)18-6-2-1-3-7-18)26-14-10-17(11-15-26)20-16-25-22-19(20)8-4-12-24-22/h1-4,6-8,12,16-17,21H,5,9-11,13-15H2,(H,24,25). The van der Waals surface area contributed by atoms with Gasteiger partial charge in [0.05, 0.1) is 4.90 Å². The molecule has 0 aliphatic carbocycles. The molecule has 3 aromatic rings. The Balaban J connectivity index is 1.29. The van der Waals surface area contributed by atoms with E-state index >= 15 is 0 Å². The Morgan fingerprint density at radius 2 is 1.77 bits per heavy atom. The fourth-order valence-electron chi connectivity index (χ4n) is 4.94. The van der Waals surface area contributed by atoms with Crippen LogP contribution in [0.5, 0.6) is 0 Å². The molecule has 0 spiro atoms. The fraction of sp³-hybridized carbons (Fsp3) is 0.391. The minimum Gasteiger partial charge on any atom is -0.346 e. The topological polar surface area (TPSA) is 86.4 Å². The number of carbonyl (C=O) groups excluding carboxylic acids is 1. The number of benzene rings is 1. The highest BCUT2D eigenvalue weighted by Crippen LogP contribution is 2.34. The van der Waals surface area contributed by atoms with Crippen LogP contribution in [0.4, 0.5) is 0 Å². The molecular weight excluding hydrogens is 412 g/mol. The van der Waals surface area contributed by atoms with Crippen molar-refractivity contribution < 1.29 is 13.2 Å². The maximum Gasteiger partial charge on any atom is 0.243 e. The molecule has 31 heavy (non-hydrogen) atoms. The van der Waals surface area contributed by atoms with Crippen LogP contribution in [0.3, 0.4) is 0 Å². The van der Waals surface area contributed by atoms with Gasteiger partial charge in [0.2, 0.25) is 15.9 Å². The summed E-state index contributed by atoms with van der Waals surface area (Å²) >= 11 is 0. The average Bonchev–Trinajstić information content (AvgIpc) is 3.47. The van der Waals surface area contributed by atoms with Crippen molar-refractivity contribution >= 4 is 27.0 Å². The predicted molar refractivity (Wildman–Crippen MR) is 118 cm³/mol. The van der Waals surface area contributed by atoms with Crippen molar-refractivity contribution in [3.05, 3.63) is 60.4 Å². The number of H-pyrrole nitrogens is 1. The van der Waals surface area contributed by atoms with Gasteiger partial charge in [-0.15, -0.1) is 0 Å². The monoisotopic (exact) mass is 438 g/mol. The van der Waals surface area contributed by atoms with Gasteiger partial charge in [0.1, 0.15) is 11.7 Å². The van der Waals surface area contributed by atoms with Gasteiger partial charge < -0.3 is 9.88 Å². The van der Waals surface area contributed by atoms with Gasteiger partial charge in [0.15, 0.2) is 0 Å².